The van der Waals surface area contributed by atoms with Gasteiger partial charge in [0.15, 0.2) is 0 Å². The predicted octanol–water partition coefficient (Wildman–Crippen LogP) is 3.52. The van der Waals surface area contributed by atoms with E-state index in [2.05, 4.69) is 54.8 Å². The van der Waals surface area contributed by atoms with E-state index in [-0.39, 0.29) is 0 Å². The maximum atomic E-state index is 4.80. The summed E-state index contributed by atoms with van der Waals surface area (Å²) in [6, 6.07) is 11.0. The van der Waals surface area contributed by atoms with Gasteiger partial charge in [-0.1, -0.05) is 17.7 Å². The highest BCUT2D eigenvalue weighted by molar-refractivity contribution is 5.76. The van der Waals surface area contributed by atoms with Crippen LogP contribution in [0.15, 0.2) is 36.5 Å². The molecule has 2 nitrogen and oxygen atoms in total. The Labute approximate surface area is 106 Å². The van der Waals surface area contributed by atoms with Gasteiger partial charge in [0, 0.05) is 18.2 Å². The van der Waals surface area contributed by atoms with Gasteiger partial charge in [-0.3, -0.25) is 0 Å². The molecule has 0 atom stereocenters. The maximum Gasteiger partial charge on any atom is 0.137 e. The summed E-state index contributed by atoms with van der Waals surface area (Å²) in [5.41, 5.74) is 8.82. The van der Waals surface area contributed by atoms with Gasteiger partial charge in [-0.15, -0.1) is 0 Å². The van der Waals surface area contributed by atoms with Crippen LogP contribution in [0.25, 0.3) is 16.9 Å². The number of fused-ring (bicyclic) bond motifs is 5. The highest BCUT2D eigenvalue weighted by Crippen LogP contribution is 2.36. The Morgan fingerprint density at radius 1 is 1.06 bits per heavy atom. The number of hydrogen-bond donors (Lipinski definition) is 0. The van der Waals surface area contributed by atoms with Crippen LogP contribution in [0.1, 0.15) is 22.4 Å². The van der Waals surface area contributed by atoms with Crippen LogP contribution in [0.4, 0.5) is 0 Å². The highest BCUT2D eigenvalue weighted by Gasteiger charge is 2.23. The smallest absolute Gasteiger partial charge is 0.137 e. The van der Waals surface area contributed by atoms with Crippen molar-refractivity contribution >= 4 is 5.65 Å². The summed E-state index contributed by atoms with van der Waals surface area (Å²) in [6.45, 7) is 4.25. The van der Waals surface area contributed by atoms with Crippen LogP contribution in [0.5, 0.6) is 0 Å². The third-order valence-electron chi connectivity index (χ3n) is 3.76. The zero-order valence-corrected chi connectivity index (χ0v) is 10.6. The van der Waals surface area contributed by atoms with Crippen LogP contribution in [0, 0.1) is 13.8 Å². The Hall–Kier alpha value is -2.09. The third-order valence-corrected chi connectivity index (χ3v) is 3.76. The molecule has 3 aromatic rings. The number of imidazole rings is 1. The maximum absolute atomic E-state index is 4.80. The largest absolute Gasteiger partial charge is 0.303 e. The fourth-order valence-electron chi connectivity index (χ4n) is 2.83. The molecule has 0 fully saturated rings. The average molecular weight is 234 g/mol. The van der Waals surface area contributed by atoms with E-state index < -0.39 is 0 Å². The second-order valence-corrected chi connectivity index (χ2v) is 5.18. The summed E-state index contributed by atoms with van der Waals surface area (Å²) < 4.78 is 2.22. The molecule has 1 aliphatic carbocycles. The van der Waals surface area contributed by atoms with Crippen LogP contribution in [-0.4, -0.2) is 9.38 Å². The normalized spacial score (nSPS) is 12.8. The molecule has 2 aromatic heterocycles. The summed E-state index contributed by atoms with van der Waals surface area (Å²) in [5, 5.41) is 0. The van der Waals surface area contributed by atoms with Gasteiger partial charge in [0.05, 0.1) is 11.4 Å². The van der Waals surface area contributed by atoms with E-state index in [4.69, 9.17) is 4.98 Å². The molecule has 1 aliphatic rings. The minimum absolute atomic E-state index is 0.995. The average Bonchev–Trinajstić information content (AvgIpc) is 2.84. The standard InChI is InChI=1S/C16H14N2/c1-10-3-4-12-9-14-16(13(12)7-10)17-15-8-11(2)5-6-18(14)15/h3-8H,9H2,1-2H3. The molecular weight excluding hydrogens is 220 g/mol. The second-order valence-electron chi connectivity index (χ2n) is 5.18. The lowest BCUT2D eigenvalue weighted by Crippen LogP contribution is -1.91. The molecule has 2 heterocycles. The van der Waals surface area contributed by atoms with E-state index in [1.807, 2.05) is 0 Å². The lowest BCUT2D eigenvalue weighted by atomic mass is 10.1. The molecule has 0 N–H and O–H groups in total. The lowest BCUT2D eigenvalue weighted by Gasteiger charge is -2.01. The molecule has 18 heavy (non-hydrogen) atoms. The van der Waals surface area contributed by atoms with Gasteiger partial charge in [0.1, 0.15) is 5.65 Å². The Kier molecular flexibility index (Phi) is 1.77. The van der Waals surface area contributed by atoms with Gasteiger partial charge in [0.2, 0.25) is 0 Å². The molecule has 0 saturated carbocycles. The van der Waals surface area contributed by atoms with Crippen molar-refractivity contribution in [1.82, 2.24) is 9.38 Å². The van der Waals surface area contributed by atoms with Crippen molar-refractivity contribution < 1.29 is 0 Å². The number of hydrogen-bond acceptors (Lipinski definition) is 1. The summed E-state index contributed by atoms with van der Waals surface area (Å²) in [4.78, 5) is 4.80. The molecule has 0 spiro atoms. The third kappa shape index (κ3) is 1.20. The SMILES string of the molecule is Cc1ccc2c(c1)-c1nc3cc(C)ccn3c1C2. The zero-order valence-electron chi connectivity index (χ0n) is 10.6. The molecule has 0 aliphatic heterocycles. The fourth-order valence-corrected chi connectivity index (χ4v) is 2.83. The van der Waals surface area contributed by atoms with Gasteiger partial charge < -0.3 is 4.40 Å². The Bertz CT molecular complexity index is 781. The van der Waals surface area contributed by atoms with Crippen molar-refractivity contribution in [1.29, 1.82) is 0 Å². The van der Waals surface area contributed by atoms with Crippen LogP contribution in [0.2, 0.25) is 0 Å². The first-order valence-corrected chi connectivity index (χ1v) is 6.30. The number of nitrogens with zero attached hydrogens (tertiary/aromatic N) is 2. The highest BCUT2D eigenvalue weighted by atomic mass is 15.0. The predicted molar refractivity (Wildman–Crippen MR) is 72.9 cm³/mol. The molecular formula is C16H14N2. The summed E-state index contributed by atoms with van der Waals surface area (Å²) >= 11 is 0. The summed E-state index contributed by atoms with van der Waals surface area (Å²) in [5.74, 6) is 0. The fraction of sp³-hybridized carbons (Fsp3) is 0.188. The Morgan fingerprint density at radius 2 is 1.89 bits per heavy atom. The van der Waals surface area contributed by atoms with E-state index in [0.29, 0.717) is 0 Å². The number of benzene rings is 1. The molecule has 88 valence electrons. The number of rotatable bonds is 0. The number of aromatic nitrogens is 2. The Balaban J connectivity index is 2.06. The summed E-state index contributed by atoms with van der Waals surface area (Å²) in [7, 11) is 0. The second kappa shape index (κ2) is 3.22. The van der Waals surface area contributed by atoms with Crippen LogP contribution < -0.4 is 0 Å². The molecule has 0 saturated heterocycles. The molecule has 1 aromatic carbocycles. The van der Waals surface area contributed by atoms with Crippen molar-refractivity contribution in [3.63, 3.8) is 0 Å². The Morgan fingerprint density at radius 3 is 2.78 bits per heavy atom. The molecule has 4 rings (SSSR count). The summed E-state index contributed by atoms with van der Waals surface area (Å²) in [6.07, 6.45) is 3.13. The van der Waals surface area contributed by atoms with E-state index in [0.717, 1.165) is 12.1 Å². The zero-order chi connectivity index (χ0) is 12.3. The monoisotopic (exact) mass is 234 g/mol. The van der Waals surface area contributed by atoms with Gasteiger partial charge in [-0.25, -0.2) is 4.98 Å². The molecule has 2 heteroatoms. The first-order chi connectivity index (χ1) is 8.72. The lowest BCUT2D eigenvalue weighted by molar-refractivity contribution is 1.05. The van der Waals surface area contributed by atoms with E-state index in [1.165, 1.54) is 33.6 Å². The molecule has 0 amide bonds. The minimum atomic E-state index is 0.995. The van der Waals surface area contributed by atoms with Crippen LogP contribution in [0.3, 0.4) is 0 Å². The van der Waals surface area contributed by atoms with Crippen LogP contribution in [-0.2, 0) is 6.42 Å². The van der Waals surface area contributed by atoms with Crippen molar-refractivity contribution in [3.05, 3.63) is 58.9 Å². The van der Waals surface area contributed by atoms with Crippen molar-refractivity contribution in [3.8, 4) is 11.3 Å². The first-order valence-electron chi connectivity index (χ1n) is 6.30. The van der Waals surface area contributed by atoms with Gasteiger partial charge in [-0.2, -0.15) is 0 Å². The van der Waals surface area contributed by atoms with E-state index in [1.54, 1.807) is 0 Å². The van der Waals surface area contributed by atoms with Crippen molar-refractivity contribution in [2.24, 2.45) is 0 Å². The number of aryl methyl sites for hydroxylation is 2. The van der Waals surface area contributed by atoms with Gasteiger partial charge in [0.25, 0.3) is 0 Å². The first kappa shape index (κ1) is 9.89. The van der Waals surface area contributed by atoms with Crippen LogP contribution >= 0.6 is 0 Å². The molecule has 0 radical (unpaired) electrons. The quantitative estimate of drug-likeness (QED) is 0.455. The number of pyridine rings is 1. The minimum Gasteiger partial charge on any atom is -0.303 e. The topological polar surface area (TPSA) is 17.3 Å². The van der Waals surface area contributed by atoms with Crippen molar-refractivity contribution in [2.75, 3.05) is 0 Å². The van der Waals surface area contributed by atoms with Gasteiger partial charge in [-0.05, 0) is 43.2 Å². The van der Waals surface area contributed by atoms with Crippen molar-refractivity contribution in [2.45, 2.75) is 20.3 Å². The molecule has 0 unspecified atom stereocenters. The van der Waals surface area contributed by atoms with E-state index >= 15 is 0 Å². The van der Waals surface area contributed by atoms with E-state index in [9.17, 15) is 0 Å². The molecule has 0 bridgehead atoms. The van der Waals surface area contributed by atoms with Gasteiger partial charge >= 0.3 is 0 Å².